The number of carbonyl (C=O) groups excluding carboxylic acids is 4. The highest BCUT2D eigenvalue weighted by Crippen LogP contribution is 2.45. The van der Waals surface area contributed by atoms with Crippen LogP contribution in [-0.4, -0.2) is 96.7 Å². The molecule has 0 spiro atoms. The fourth-order valence-electron chi connectivity index (χ4n) is 9.51. The van der Waals surface area contributed by atoms with E-state index in [0.717, 1.165) is 114 Å². The molecular weight excluding hydrogens is 1110 g/mol. The zero-order valence-electron chi connectivity index (χ0n) is 54.5. The first kappa shape index (κ1) is 82.1. The van der Waals surface area contributed by atoms with E-state index in [1.807, 2.05) is 0 Å². The van der Waals surface area contributed by atoms with Crippen LogP contribution in [0.2, 0.25) is 0 Å². The summed E-state index contributed by atoms with van der Waals surface area (Å²) in [5.41, 5.74) is 0. The van der Waals surface area contributed by atoms with E-state index in [1.165, 1.54) is 109 Å². The molecule has 0 saturated heterocycles. The minimum absolute atomic E-state index is 0.101. The Balaban J connectivity index is 5.27. The molecule has 0 fully saturated rings. The Kier molecular flexibility index (Phi) is 53.9. The van der Waals surface area contributed by atoms with Crippen LogP contribution in [0.25, 0.3) is 0 Å². The molecule has 0 saturated carbocycles. The van der Waals surface area contributed by atoms with Gasteiger partial charge in [-0.05, 0) is 49.4 Å². The summed E-state index contributed by atoms with van der Waals surface area (Å²) in [6, 6.07) is 0. The minimum Gasteiger partial charge on any atom is -0.462 e. The Hall–Kier alpha value is -1.94. The van der Waals surface area contributed by atoms with Gasteiger partial charge in [0.15, 0.2) is 12.2 Å². The van der Waals surface area contributed by atoms with Gasteiger partial charge in [0.25, 0.3) is 0 Å². The summed E-state index contributed by atoms with van der Waals surface area (Å²) in [4.78, 5) is 72.3. The molecule has 0 bridgehead atoms. The van der Waals surface area contributed by atoms with Gasteiger partial charge >= 0.3 is 39.5 Å². The maximum absolute atomic E-state index is 13.0. The Morgan fingerprint density at radius 2 is 0.571 bits per heavy atom. The third-order valence-electron chi connectivity index (χ3n) is 15.9. The number of carbonyl (C=O) groups is 4. The lowest BCUT2D eigenvalue weighted by Crippen LogP contribution is -2.30. The molecule has 0 radical (unpaired) electrons. The first-order chi connectivity index (χ1) is 40.2. The number of rotatable bonds is 62. The van der Waals surface area contributed by atoms with Gasteiger partial charge in [-0.2, -0.15) is 0 Å². The van der Waals surface area contributed by atoms with Crippen molar-refractivity contribution in [1.82, 2.24) is 0 Å². The number of hydrogen-bond donors (Lipinski definition) is 3. The van der Waals surface area contributed by atoms with Crippen LogP contribution in [0.1, 0.15) is 312 Å². The molecule has 0 aromatic carbocycles. The summed E-state index contributed by atoms with van der Waals surface area (Å²) in [5.74, 6) is 0.831. The number of aliphatic hydroxyl groups excluding tert-OH is 1. The van der Waals surface area contributed by atoms with Crippen LogP contribution in [-0.2, 0) is 65.4 Å². The van der Waals surface area contributed by atoms with Gasteiger partial charge in [0.1, 0.15) is 19.3 Å². The molecule has 0 aliphatic rings. The lowest BCUT2D eigenvalue weighted by molar-refractivity contribution is -0.161. The SMILES string of the molecule is CCC(C)CCCCCCCCCCC(=O)OC[C@H](COP(=O)(O)OCC(O)COP(=O)(O)OC[C@@H](COC(=O)CCCCCCCCCC(C)C)OC(=O)CCCCCCCCC(C)CC)OC(=O)CCCCCCCCCCC(C)CC. The average Bonchev–Trinajstić information content (AvgIpc) is 3.48. The van der Waals surface area contributed by atoms with Crippen LogP contribution in [0, 0.1) is 23.7 Å². The monoisotopic (exact) mass is 1240 g/mol. The normalized spacial score (nSPS) is 15.4. The topological polar surface area (TPSA) is 237 Å². The van der Waals surface area contributed by atoms with E-state index >= 15 is 0 Å². The second-order valence-corrected chi connectivity index (χ2v) is 27.6. The van der Waals surface area contributed by atoms with Crippen molar-refractivity contribution in [2.24, 2.45) is 23.7 Å². The van der Waals surface area contributed by atoms with E-state index in [1.54, 1.807) is 0 Å². The molecule has 3 N–H and O–H groups in total. The Labute approximate surface area is 511 Å². The van der Waals surface area contributed by atoms with Crippen molar-refractivity contribution in [3.05, 3.63) is 0 Å². The molecule has 498 valence electrons. The second kappa shape index (κ2) is 55.2. The first-order valence-electron chi connectivity index (χ1n) is 33.8. The van der Waals surface area contributed by atoms with Crippen molar-refractivity contribution >= 4 is 39.5 Å². The molecule has 0 aromatic rings. The summed E-state index contributed by atoms with van der Waals surface area (Å²) >= 11 is 0. The number of esters is 4. The van der Waals surface area contributed by atoms with Crippen molar-refractivity contribution in [2.75, 3.05) is 39.6 Å². The Bertz CT molecular complexity index is 1680. The zero-order chi connectivity index (χ0) is 62.5. The molecule has 0 rings (SSSR count). The first-order valence-corrected chi connectivity index (χ1v) is 36.8. The Morgan fingerprint density at radius 1 is 0.333 bits per heavy atom. The zero-order valence-corrected chi connectivity index (χ0v) is 56.3. The summed E-state index contributed by atoms with van der Waals surface area (Å²) in [7, 11) is -9.89. The molecule has 0 heterocycles. The number of phosphoric acid groups is 2. The largest absolute Gasteiger partial charge is 0.472 e. The van der Waals surface area contributed by atoms with Crippen molar-refractivity contribution in [3.8, 4) is 0 Å². The molecular formula is C65H126O17P2. The quantitative estimate of drug-likeness (QED) is 0.0222. The number of aliphatic hydroxyl groups is 1. The maximum atomic E-state index is 13.0. The number of hydrogen-bond acceptors (Lipinski definition) is 15. The molecule has 0 amide bonds. The molecule has 17 nitrogen and oxygen atoms in total. The highest BCUT2D eigenvalue weighted by Gasteiger charge is 2.30. The molecule has 8 atom stereocenters. The lowest BCUT2D eigenvalue weighted by atomic mass is 9.99. The molecule has 0 aliphatic carbocycles. The number of ether oxygens (including phenoxy) is 4. The van der Waals surface area contributed by atoms with E-state index in [2.05, 4.69) is 55.4 Å². The number of phosphoric ester groups is 2. The van der Waals surface area contributed by atoms with Gasteiger partial charge in [-0.15, -0.1) is 0 Å². The van der Waals surface area contributed by atoms with Crippen LogP contribution >= 0.6 is 15.6 Å². The fraction of sp³-hybridized carbons (Fsp3) is 0.938. The van der Waals surface area contributed by atoms with Crippen LogP contribution in [0.3, 0.4) is 0 Å². The van der Waals surface area contributed by atoms with Crippen molar-refractivity contribution < 1.29 is 80.2 Å². The van der Waals surface area contributed by atoms with Crippen LogP contribution < -0.4 is 0 Å². The van der Waals surface area contributed by atoms with Crippen LogP contribution in [0.15, 0.2) is 0 Å². The average molecular weight is 1240 g/mol. The van der Waals surface area contributed by atoms with Gasteiger partial charge in [-0.25, -0.2) is 9.13 Å². The Morgan fingerprint density at radius 3 is 0.845 bits per heavy atom. The molecule has 0 aromatic heterocycles. The van der Waals surface area contributed by atoms with Crippen molar-refractivity contribution in [2.45, 2.75) is 331 Å². The van der Waals surface area contributed by atoms with Crippen molar-refractivity contribution in [1.29, 1.82) is 0 Å². The summed E-state index contributed by atoms with van der Waals surface area (Å²) in [5, 5.41) is 10.5. The highest BCUT2D eigenvalue weighted by molar-refractivity contribution is 7.47. The molecule has 0 aliphatic heterocycles. The van der Waals surface area contributed by atoms with Gasteiger partial charge in [0.2, 0.25) is 0 Å². The van der Waals surface area contributed by atoms with E-state index < -0.39 is 97.5 Å². The third kappa shape index (κ3) is 55.4. The summed E-state index contributed by atoms with van der Waals surface area (Å²) in [6.45, 7) is 14.0. The summed E-state index contributed by atoms with van der Waals surface area (Å²) < 4.78 is 68.0. The second-order valence-electron chi connectivity index (χ2n) is 24.7. The van der Waals surface area contributed by atoms with Crippen LogP contribution in [0.4, 0.5) is 0 Å². The predicted molar refractivity (Wildman–Crippen MR) is 335 cm³/mol. The lowest BCUT2D eigenvalue weighted by Gasteiger charge is -2.21. The van der Waals surface area contributed by atoms with E-state index in [0.29, 0.717) is 31.6 Å². The highest BCUT2D eigenvalue weighted by atomic mass is 31.2. The van der Waals surface area contributed by atoms with E-state index in [9.17, 15) is 43.2 Å². The number of unbranched alkanes of at least 4 members (excludes halogenated alkanes) is 25. The predicted octanol–water partition coefficient (Wildman–Crippen LogP) is 17.8. The van der Waals surface area contributed by atoms with Gasteiger partial charge in [0, 0.05) is 25.7 Å². The standard InChI is InChI=1S/C65H126O17P2/c1-9-56(6)42-34-26-18-12-14-20-29-37-45-62(67)75-51-60(81-64(69)47-39-31-21-15-13-19-27-35-43-57(7)10-2)53-79-83(71,72)77-49-59(66)50-78-84(73,74)80-54-61(82-65(70)48-40-32-24-23-28-36-44-58(8)11-3)52-76-63(68)46-38-30-22-16-17-25-33-41-55(4)5/h55-61,66H,9-54H2,1-8H3,(H,71,72)(H,73,74)/t56?,57?,58?,59?,60-,61-/m1/s1. The van der Waals surface area contributed by atoms with E-state index in [-0.39, 0.29) is 25.7 Å². The molecule has 84 heavy (non-hydrogen) atoms. The molecule has 6 unspecified atom stereocenters. The van der Waals surface area contributed by atoms with Gasteiger partial charge < -0.3 is 33.8 Å². The smallest absolute Gasteiger partial charge is 0.462 e. The van der Waals surface area contributed by atoms with Gasteiger partial charge in [0.05, 0.1) is 26.4 Å². The van der Waals surface area contributed by atoms with Gasteiger partial charge in [-0.3, -0.25) is 37.3 Å². The maximum Gasteiger partial charge on any atom is 0.472 e. The van der Waals surface area contributed by atoms with Crippen LogP contribution in [0.5, 0.6) is 0 Å². The minimum atomic E-state index is -4.95. The van der Waals surface area contributed by atoms with Crippen molar-refractivity contribution in [3.63, 3.8) is 0 Å². The van der Waals surface area contributed by atoms with Gasteiger partial charge in [-0.1, -0.05) is 261 Å². The summed E-state index contributed by atoms with van der Waals surface area (Å²) in [6.07, 6.45) is 34.8. The van der Waals surface area contributed by atoms with E-state index in [4.69, 9.17) is 37.0 Å². The fourth-order valence-corrected chi connectivity index (χ4v) is 11.1. The third-order valence-corrected chi connectivity index (χ3v) is 17.8. The molecule has 19 heteroatoms.